The maximum Gasteiger partial charge on any atom is 0.308 e. The van der Waals surface area contributed by atoms with Gasteiger partial charge in [0.15, 0.2) is 0 Å². The molecule has 0 aromatic carbocycles. The second-order valence-corrected chi connectivity index (χ2v) is 9.81. The van der Waals surface area contributed by atoms with Crippen LogP contribution in [0.3, 0.4) is 0 Å². The SMILES string of the molecule is CC(=O)OC=C=C(C)CCCC#C[Si](C)(C)C. The summed E-state index contributed by atoms with van der Waals surface area (Å²) in [5.41, 5.74) is 7.35. The van der Waals surface area contributed by atoms with Crippen LogP contribution in [0.4, 0.5) is 0 Å². The van der Waals surface area contributed by atoms with Crippen LogP contribution in [0.1, 0.15) is 33.1 Å². The molecular formula is C14H22O2Si. The molecule has 0 aliphatic carbocycles. The summed E-state index contributed by atoms with van der Waals surface area (Å²) in [5, 5.41) is 0. The minimum Gasteiger partial charge on any atom is -0.426 e. The molecule has 0 spiro atoms. The van der Waals surface area contributed by atoms with Crippen molar-refractivity contribution in [2.75, 3.05) is 0 Å². The van der Waals surface area contributed by atoms with Crippen LogP contribution in [-0.2, 0) is 9.53 Å². The average Bonchev–Trinajstić information content (AvgIpc) is 2.14. The molecule has 0 aromatic heterocycles. The summed E-state index contributed by atoms with van der Waals surface area (Å²) < 4.78 is 4.67. The molecule has 0 aliphatic rings. The predicted octanol–water partition coefficient (Wildman–Crippen LogP) is 3.66. The predicted molar refractivity (Wildman–Crippen MR) is 74.0 cm³/mol. The molecule has 17 heavy (non-hydrogen) atoms. The van der Waals surface area contributed by atoms with Gasteiger partial charge in [0, 0.05) is 13.3 Å². The normalized spacial score (nSPS) is 9.71. The largest absolute Gasteiger partial charge is 0.426 e. The number of esters is 1. The molecule has 0 atom stereocenters. The zero-order valence-corrected chi connectivity index (χ0v) is 12.5. The Morgan fingerprint density at radius 1 is 1.29 bits per heavy atom. The fourth-order valence-corrected chi connectivity index (χ4v) is 1.71. The van der Waals surface area contributed by atoms with Gasteiger partial charge in [0.25, 0.3) is 0 Å². The van der Waals surface area contributed by atoms with Gasteiger partial charge in [0.1, 0.15) is 14.3 Å². The lowest BCUT2D eigenvalue weighted by molar-refractivity contribution is -0.135. The van der Waals surface area contributed by atoms with Crippen LogP contribution in [0, 0.1) is 11.5 Å². The van der Waals surface area contributed by atoms with Crippen molar-refractivity contribution in [2.24, 2.45) is 0 Å². The van der Waals surface area contributed by atoms with E-state index in [1.165, 1.54) is 13.2 Å². The van der Waals surface area contributed by atoms with Crippen molar-refractivity contribution in [3.63, 3.8) is 0 Å². The summed E-state index contributed by atoms with van der Waals surface area (Å²) in [6.07, 6.45) is 4.23. The Bertz CT molecular complexity index is 371. The molecule has 0 amide bonds. The van der Waals surface area contributed by atoms with Crippen molar-refractivity contribution in [3.05, 3.63) is 17.6 Å². The molecule has 0 fully saturated rings. The molecule has 0 bridgehead atoms. The minimum atomic E-state index is -1.22. The quantitative estimate of drug-likeness (QED) is 0.190. The number of hydrogen-bond acceptors (Lipinski definition) is 2. The number of allylic oxidation sites excluding steroid dienone is 1. The van der Waals surface area contributed by atoms with Crippen molar-refractivity contribution in [1.29, 1.82) is 0 Å². The standard InChI is InChI=1S/C14H22O2Si/c1-13(10-11-16-14(2)15)9-7-6-8-12-17(3,4)5/h11H,6-7,9H2,1-5H3. The van der Waals surface area contributed by atoms with Crippen LogP contribution in [0.5, 0.6) is 0 Å². The van der Waals surface area contributed by atoms with Crippen LogP contribution >= 0.6 is 0 Å². The lowest BCUT2D eigenvalue weighted by atomic mass is 10.1. The van der Waals surface area contributed by atoms with Crippen molar-refractivity contribution < 1.29 is 9.53 Å². The van der Waals surface area contributed by atoms with Gasteiger partial charge in [-0.05, 0) is 25.3 Å². The smallest absolute Gasteiger partial charge is 0.308 e. The molecule has 0 unspecified atom stereocenters. The summed E-state index contributed by atoms with van der Waals surface area (Å²) in [4.78, 5) is 10.5. The highest BCUT2D eigenvalue weighted by Crippen LogP contribution is 2.05. The van der Waals surface area contributed by atoms with Crippen LogP contribution in [0.25, 0.3) is 0 Å². The van der Waals surface area contributed by atoms with Crippen molar-refractivity contribution in [1.82, 2.24) is 0 Å². The Kier molecular flexibility index (Phi) is 7.37. The maximum absolute atomic E-state index is 10.5. The van der Waals surface area contributed by atoms with E-state index in [0.717, 1.165) is 24.8 Å². The van der Waals surface area contributed by atoms with Gasteiger partial charge in [-0.2, -0.15) is 0 Å². The average molecular weight is 250 g/mol. The first-order valence-corrected chi connectivity index (χ1v) is 9.39. The van der Waals surface area contributed by atoms with E-state index >= 15 is 0 Å². The fraction of sp³-hybridized carbons (Fsp3) is 0.571. The molecule has 0 heterocycles. The first-order valence-electron chi connectivity index (χ1n) is 5.89. The lowest BCUT2D eigenvalue weighted by Crippen LogP contribution is -2.16. The number of ether oxygens (including phenoxy) is 1. The number of carbonyl (C=O) groups excluding carboxylic acids is 1. The summed E-state index contributed by atoms with van der Waals surface area (Å²) >= 11 is 0. The minimum absolute atomic E-state index is 0.314. The lowest BCUT2D eigenvalue weighted by Gasteiger charge is -2.03. The summed E-state index contributed by atoms with van der Waals surface area (Å²) in [6, 6.07) is 0. The number of hydrogen-bond donors (Lipinski definition) is 0. The van der Waals surface area contributed by atoms with Gasteiger partial charge in [-0.15, -0.1) is 11.5 Å². The Balaban J connectivity index is 3.92. The molecule has 2 nitrogen and oxygen atoms in total. The Morgan fingerprint density at radius 3 is 2.47 bits per heavy atom. The second-order valence-electron chi connectivity index (χ2n) is 5.06. The van der Waals surface area contributed by atoms with Gasteiger partial charge < -0.3 is 4.74 Å². The van der Waals surface area contributed by atoms with E-state index in [0.29, 0.717) is 0 Å². The summed E-state index contributed by atoms with van der Waals surface area (Å²) in [7, 11) is -1.22. The number of carbonyl (C=O) groups is 1. The Morgan fingerprint density at radius 2 is 1.94 bits per heavy atom. The van der Waals surface area contributed by atoms with Crippen molar-refractivity contribution >= 4 is 14.0 Å². The molecule has 3 heteroatoms. The number of unbranched alkanes of at least 4 members (excludes halogenated alkanes) is 1. The zero-order valence-electron chi connectivity index (χ0n) is 11.5. The van der Waals surface area contributed by atoms with Crippen molar-refractivity contribution in [3.8, 4) is 11.5 Å². The van der Waals surface area contributed by atoms with E-state index in [-0.39, 0.29) is 5.97 Å². The molecule has 0 saturated heterocycles. The van der Waals surface area contributed by atoms with E-state index in [1.54, 1.807) is 0 Å². The first kappa shape index (κ1) is 15.8. The molecule has 0 N–H and O–H groups in total. The van der Waals surface area contributed by atoms with Crippen LogP contribution in [-0.4, -0.2) is 14.0 Å². The van der Waals surface area contributed by atoms with Crippen molar-refractivity contribution in [2.45, 2.75) is 52.8 Å². The third kappa shape index (κ3) is 12.7. The fourth-order valence-electron chi connectivity index (χ4n) is 1.05. The summed E-state index contributed by atoms with van der Waals surface area (Å²) in [5.74, 6) is 2.92. The molecule has 0 aromatic rings. The van der Waals surface area contributed by atoms with Gasteiger partial charge in [-0.25, -0.2) is 0 Å². The van der Waals surface area contributed by atoms with E-state index in [1.807, 2.05) is 6.92 Å². The van der Waals surface area contributed by atoms with Crippen LogP contribution < -0.4 is 0 Å². The first-order chi connectivity index (χ1) is 7.81. The maximum atomic E-state index is 10.5. The Hall–Kier alpha value is -1.23. The highest BCUT2D eigenvalue weighted by molar-refractivity contribution is 6.83. The summed E-state index contributed by atoms with van der Waals surface area (Å²) in [6.45, 7) is 10.1. The van der Waals surface area contributed by atoms with Crippen LogP contribution in [0.15, 0.2) is 17.6 Å². The molecule has 0 radical (unpaired) electrons. The molecule has 0 aliphatic heterocycles. The van der Waals surface area contributed by atoms with Gasteiger partial charge >= 0.3 is 5.97 Å². The van der Waals surface area contributed by atoms with E-state index in [4.69, 9.17) is 0 Å². The zero-order chi connectivity index (χ0) is 13.3. The molecular weight excluding hydrogens is 228 g/mol. The Labute approximate surface area is 106 Å². The van der Waals surface area contributed by atoms with E-state index in [9.17, 15) is 4.79 Å². The monoisotopic (exact) mass is 250 g/mol. The van der Waals surface area contributed by atoms with E-state index in [2.05, 4.69) is 41.6 Å². The topological polar surface area (TPSA) is 26.3 Å². The third-order valence-electron chi connectivity index (χ3n) is 1.85. The highest BCUT2D eigenvalue weighted by Gasteiger charge is 2.06. The third-order valence-corrected chi connectivity index (χ3v) is 2.77. The van der Waals surface area contributed by atoms with Crippen LogP contribution in [0.2, 0.25) is 19.6 Å². The van der Waals surface area contributed by atoms with Gasteiger partial charge in [-0.1, -0.05) is 25.4 Å². The van der Waals surface area contributed by atoms with E-state index < -0.39 is 8.07 Å². The molecule has 0 rings (SSSR count). The van der Waals surface area contributed by atoms with Gasteiger partial charge in [0.2, 0.25) is 0 Å². The van der Waals surface area contributed by atoms with Gasteiger partial charge in [0.05, 0.1) is 0 Å². The highest BCUT2D eigenvalue weighted by atomic mass is 28.3. The number of rotatable bonds is 4. The molecule has 94 valence electrons. The van der Waals surface area contributed by atoms with Gasteiger partial charge in [-0.3, -0.25) is 4.79 Å². The molecule has 0 saturated carbocycles. The second kappa shape index (κ2) is 7.95.